The zero-order chi connectivity index (χ0) is 22.6. The molecular formula is C24H22F3N3O. The fourth-order valence-corrected chi connectivity index (χ4v) is 3.16. The summed E-state index contributed by atoms with van der Waals surface area (Å²) in [6.45, 7) is 5.76. The van der Waals surface area contributed by atoms with Crippen molar-refractivity contribution in [1.29, 1.82) is 0 Å². The summed E-state index contributed by atoms with van der Waals surface area (Å²) in [6, 6.07) is 16.0. The number of alkyl halides is 3. The van der Waals surface area contributed by atoms with Crippen molar-refractivity contribution in [3.05, 3.63) is 96.5 Å². The standard InChI is InChI=1S/C24H22F3N3O/c1-4-19(29(3)21-12-8-9-18(15-21)24(25,26)27)16-23(31)17(2)22-13-14-28-30(22)20-10-6-5-7-11-20/h5-16H,2,4H2,1,3H3/b19-16-. The minimum absolute atomic E-state index is 0.241. The Bertz CT molecular complexity index is 1110. The van der Waals surface area contributed by atoms with Gasteiger partial charge < -0.3 is 4.90 Å². The fourth-order valence-electron chi connectivity index (χ4n) is 3.16. The molecule has 0 amide bonds. The van der Waals surface area contributed by atoms with Crippen LogP contribution >= 0.6 is 0 Å². The second-order valence-electron chi connectivity index (χ2n) is 6.90. The predicted molar refractivity (Wildman–Crippen MR) is 116 cm³/mol. The molecule has 0 spiro atoms. The lowest BCUT2D eigenvalue weighted by molar-refractivity contribution is -0.137. The third-order valence-electron chi connectivity index (χ3n) is 4.90. The van der Waals surface area contributed by atoms with Gasteiger partial charge in [-0.3, -0.25) is 4.79 Å². The van der Waals surface area contributed by atoms with E-state index in [1.807, 2.05) is 37.3 Å². The maximum Gasteiger partial charge on any atom is 0.416 e. The molecule has 0 saturated carbocycles. The number of hydrogen-bond donors (Lipinski definition) is 0. The average Bonchev–Trinajstić information content (AvgIpc) is 3.26. The van der Waals surface area contributed by atoms with E-state index in [2.05, 4.69) is 11.7 Å². The Labute approximate surface area is 178 Å². The molecule has 4 nitrogen and oxygen atoms in total. The summed E-state index contributed by atoms with van der Waals surface area (Å²) in [4.78, 5) is 14.5. The number of rotatable bonds is 7. The molecule has 0 aliphatic rings. The number of ketones is 1. The first kappa shape index (κ1) is 22.1. The number of allylic oxidation sites excluding steroid dienone is 3. The van der Waals surface area contributed by atoms with Gasteiger partial charge in [0.05, 0.1) is 23.1 Å². The Morgan fingerprint density at radius 2 is 1.84 bits per heavy atom. The lowest BCUT2D eigenvalue weighted by Crippen LogP contribution is -2.18. The summed E-state index contributed by atoms with van der Waals surface area (Å²) < 4.78 is 40.8. The number of halogens is 3. The Kier molecular flexibility index (Phi) is 6.44. The molecule has 3 rings (SSSR count). The van der Waals surface area contributed by atoms with Gasteiger partial charge in [-0.15, -0.1) is 0 Å². The molecule has 0 atom stereocenters. The number of carbonyl (C=O) groups excluding carboxylic acids is 1. The Morgan fingerprint density at radius 3 is 2.48 bits per heavy atom. The molecule has 1 heterocycles. The third-order valence-corrected chi connectivity index (χ3v) is 4.90. The maximum atomic E-state index is 13.1. The second-order valence-corrected chi connectivity index (χ2v) is 6.90. The van der Waals surface area contributed by atoms with Gasteiger partial charge in [0.15, 0.2) is 5.78 Å². The van der Waals surface area contributed by atoms with Gasteiger partial charge in [-0.25, -0.2) is 4.68 Å². The van der Waals surface area contributed by atoms with Crippen molar-refractivity contribution in [2.45, 2.75) is 19.5 Å². The van der Waals surface area contributed by atoms with Crippen molar-refractivity contribution in [1.82, 2.24) is 9.78 Å². The highest BCUT2D eigenvalue weighted by Gasteiger charge is 2.30. The van der Waals surface area contributed by atoms with E-state index in [1.54, 1.807) is 35.0 Å². The number of aromatic nitrogens is 2. The van der Waals surface area contributed by atoms with Gasteiger partial charge in [0.1, 0.15) is 0 Å². The number of nitrogens with zero attached hydrogens (tertiary/aromatic N) is 3. The van der Waals surface area contributed by atoms with Crippen LogP contribution in [0.1, 0.15) is 24.6 Å². The van der Waals surface area contributed by atoms with E-state index in [0.29, 0.717) is 23.5 Å². The van der Waals surface area contributed by atoms with Crippen LogP contribution in [-0.2, 0) is 11.0 Å². The monoisotopic (exact) mass is 425 g/mol. The average molecular weight is 425 g/mol. The van der Waals surface area contributed by atoms with Gasteiger partial charge in [0.25, 0.3) is 0 Å². The minimum atomic E-state index is -4.44. The SMILES string of the molecule is C=C(C(=O)/C=C(/CC)N(C)c1cccc(C(F)(F)F)c1)c1ccnn1-c1ccccc1. The van der Waals surface area contributed by atoms with Gasteiger partial charge >= 0.3 is 6.18 Å². The van der Waals surface area contributed by atoms with E-state index in [9.17, 15) is 18.0 Å². The molecule has 0 unspecified atom stereocenters. The molecule has 0 aliphatic heterocycles. The van der Waals surface area contributed by atoms with Crippen molar-refractivity contribution in [3.63, 3.8) is 0 Å². The van der Waals surface area contributed by atoms with Crippen molar-refractivity contribution in [2.24, 2.45) is 0 Å². The van der Waals surface area contributed by atoms with Crippen LogP contribution < -0.4 is 4.90 Å². The number of para-hydroxylation sites is 1. The quantitative estimate of drug-likeness (QED) is 0.442. The number of carbonyl (C=O) groups is 1. The topological polar surface area (TPSA) is 38.1 Å². The largest absolute Gasteiger partial charge is 0.416 e. The third kappa shape index (κ3) is 4.94. The van der Waals surface area contributed by atoms with Crippen LogP contribution in [0, 0.1) is 0 Å². The van der Waals surface area contributed by atoms with Crippen LogP contribution in [0.15, 0.2) is 85.2 Å². The van der Waals surface area contributed by atoms with Crippen LogP contribution in [0.4, 0.5) is 18.9 Å². The Hall–Kier alpha value is -3.61. The number of hydrogen-bond acceptors (Lipinski definition) is 3. The molecule has 2 aromatic carbocycles. The Morgan fingerprint density at radius 1 is 1.13 bits per heavy atom. The van der Waals surface area contributed by atoms with E-state index in [4.69, 9.17) is 0 Å². The van der Waals surface area contributed by atoms with E-state index < -0.39 is 11.7 Å². The van der Waals surface area contributed by atoms with Crippen molar-refractivity contribution >= 4 is 17.0 Å². The zero-order valence-corrected chi connectivity index (χ0v) is 17.2. The van der Waals surface area contributed by atoms with Crippen molar-refractivity contribution < 1.29 is 18.0 Å². The molecule has 0 fully saturated rings. The van der Waals surface area contributed by atoms with Crippen LogP contribution in [-0.4, -0.2) is 22.6 Å². The highest BCUT2D eigenvalue weighted by atomic mass is 19.4. The van der Waals surface area contributed by atoms with Crippen molar-refractivity contribution in [3.8, 4) is 5.69 Å². The van der Waals surface area contributed by atoms with Crippen LogP contribution in [0.2, 0.25) is 0 Å². The molecule has 160 valence electrons. The summed E-state index contributed by atoms with van der Waals surface area (Å²) in [5.41, 5.74) is 1.74. The van der Waals surface area contributed by atoms with E-state index in [-0.39, 0.29) is 11.4 Å². The highest BCUT2D eigenvalue weighted by Crippen LogP contribution is 2.32. The molecule has 7 heteroatoms. The molecule has 0 N–H and O–H groups in total. The molecule has 0 aliphatic carbocycles. The van der Waals surface area contributed by atoms with Crippen LogP contribution in [0.5, 0.6) is 0 Å². The first-order valence-electron chi connectivity index (χ1n) is 9.67. The molecule has 0 radical (unpaired) electrons. The summed E-state index contributed by atoms with van der Waals surface area (Å²) in [5.74, 6) is -0.339. The van der Waals surface area contributed by atoms with Gasteiger partial charge in [0.2, 0.25) is 0 Å². The lowest BCUT2D eigenvalue weighted by atomic mass is 10.1. The van der Waals surface area contributed by atoms with E-state index >= 15 is 0 Å². The van der Waals surface area contributed by atoms with Crippen molar-refractivity contribution in [2.75, 3.05) is 11.9 Å². The van der Waals surface area contributed by atoms with Gasteiger partial charge in [0, 0.05) is 30.1 Å². The lowest BCUT2D eigenvalue weighted by Gasteiger charge is -2.23. The van der Waals surface area contributed by atoms with Gasteiger partial charge in [-0.1, -0.05) is 37.8 Å². The summed E-state index contributed by atoms with van der Waals surface area (Å²) in [7, 11) is 1.63. The molecule has 3 aromatic rings. The fraction of sp³-hybridized carbons (Fsp3) is 0.167. The smallest absolute Gasteiger partial charge is 0.348 e. The number of benzene rings is 2. The minimum Gasteiger partial charge on any atom is -0.348 e. The normalized spacial score (nSPS) is 12.0. The number of anilines is 1. The Balaban J connectivity index is 1.87. The highest BCUT2D eigenvalue weighted by molar-refractivity contribution is 6.25. The first-order valence-corrected chi connectivity index (χ1v) is 9.67. The van der Waals surface area contributed by atoms with E-state index in [0.717, 1.165) is 17.8 Å². The molecule has 31 heavy (non-hydrogen) atoms. The first-order chi connectivity index (χ1) is 14.7. The van der Waals surface area contributed by atoms with Crippen LogP contribution in [0.25, 0.3) is 11.3 Å². The zero-order valence-electron chi connectivity index (χ0n) is 17.2. The molecule has 0 saturated heterocycles. The summed E-state index contributed by atoms with van der Waals surface area (Å²) >= 11 is 0. The second kappa shape index (κ2) is 9.04. The maximum absolute atomic E-state index is 13.1. The molecular weight excluding hydrogens is 403 g/mol. The summed E-state index contributed by atoms with van der Waals surface area (Å²) in [5, 5.41) is 4.27. The summed E-state index contributed by atoms with van der Waals surface area (Å²) in [6.07, 6.45) is -0.998. The molecule has 0 bridgehead atoms. The molecule has 1 aromatic heterocycles. The predicted octanol–water partition coefficient (Wildman–Crippen LogP) is 5.90. The van der Waals surface area contributed by atoms with E-state index in [1.165, 1.54) is 12.1 Å². The van der Waals surface area contributed by atoms with Gasteiger partial charge in [-0.2, -0.15) is 18.3 Å². The van der Waals surface area contributed by atoms with Gasteiger partial charge in [-0.05, 0) is 42.8 Å². The van der Waals surface area contributed by atoms with Crippen LogP contribution in [0.3, 0.4) is 0 Å².